The van der Waals surface area contributed by atoms with Crippen molar-refractivity contribution in [3.05, 3.63) is 103 Å². The minimum absolute atomic E-state index is 0.0165. The van der Waals surface area contributed by atoms with E-state index in [1.54, 1.807) is 6.92 Å². The number of carbonyl (C=O) groups excluding carboxylic acids is 1. The summed E-state index contributed by atoms with van der Waals surface area (Å²) in [5.41, 5.74) is -0.109. The van der Waals surface area contributed by atoms with Crippen molar-refractivity contribution in [2.75, 3.05) is 66.2 Å². The number of unbranched alkanes of at least 4 members (excludes halogenated alkanes) is 10. The molecule has 0 spiro atoms. The minimum atomic E-state index is -2.39. The zero-order chi connectivity index (χ0) is 46.0. The first-order valence-corrected chi connectivity index (χ1v) is 26.9. The first-order valence-electron chi connectivity index (χ1n) is 24.9. The van der Waals surface area contributed by atoms with Gasteiger partial charge >= 0.3 is 5.97 Å². The zero-order valence-corrected chi connectivity index (χ0v) is 42.5. The summed E-state index contributed by atoms with van der Waals surface area (Å²) in [5.74, 6) is -0.338. The van der Waals surface area contributed by atoms with Crippen LogP contribution < -0.4 is 21.2 Å². The monoisotopic (exact) mass is 885 g/mol. The third-order valence-electron chi connectivity index (χ3n) is 14.0. The fourth-order valence-electron chi connectivity index (χ4n) is 11.6. The van der Waals surface area contributed by atoms with Gasteiger partial charge in [0.2, 0.25) is 0 Å². The molecule has 3 aromatic carbocycles. The molecular formula is C56H91N3O3P+3. The molecule has 4 rings (SSSR count). The maximum atomic E-state index is 12.7. The number of likely N-dealkylation sites (N-methyl/N-ethyl adjacent to an activating group) is 1. The van der Waals surface area contributed by atoms with Gasteiger partial charge in [-0.25, -0.2) is 4.79 Å². The highest BCUT2D eigenvalue weighted by atomic mass is 31.2. The van der Waals surface area contributed by atoms with Crippen LogP contribution in [0.2, 0.25) is 0 Å². The van der Waals surface area contributed by atoms with E-state index in [0.717, 1.165) is 49.7 Å². The van der Waals surface area contributed by atoms with Crippen LogP contribution in [0.5, 0.6) is 0 Å². The molecule has 350 valence electrons. The van der Waals surface area contributed by atoms with Gasteiger partial charge in [-0.15, -0.1) is 0 Å². The van der Waals surface area contributed by atoms with Gasteiger partial charge in [-0.2, -0.15) is 0 Å². The molecule has 1 unspecified atom stereocenters. The molecule has 6 nitrogen and oxygen atoms in total. The van der Waals surface area contributed by atoms with E-state index >= 15 is 0 Å². The molecule has 0 saturated carbocycles. The summed E-state index contributed by atoms with van der Waals surface area (Å²) in [4.78, 5) is 12.7. The molecular weight excluding hydrogens is 794 g/mol. The summed E-state index contributed by atoms with van der Waals surface area (Å²) < 4.78 is 7.47. The molecule has 0 amide bonds. The number of nitrogens with one attached hydrogen (secondary N) is 1. The Morgan fingerprint density at radius 3 is 1.51 bits per heavy atom. The lowest BCUT2D eigenvalue weighted by Gasteiger charge is -2.57. The van der Waals surface area contributed by atoms with Crippen molar-refractivity contribution in [3.8, 4) is 0 Å². The molecule has 1 aliphatic heterocycles. The lowest BCUT2D eigenvalue weighted by atomic mass is 9.76. The highest BCUT2D eigenvalue weighted by molar-refractivity contribution is 7.95. The summed E-state index contributed by atoms with van der Waals surface area (Å²) in [6.07, 6.45) is 18.3. The van der Waals surface area contributed by atoms with Crippen molar-refractivity contribution >= 4 is 29.1 Å². The Hall–Kier alpha value is -2.86. The third kappa shape index (κ3) is 15.6. The fraction of sp³-hybridized carbons (Fsp3) is 0.625. The van der Waals surface area contributed by atoms with E-state index < -0.39 is 12.7 Å². The Bertz CT molecular complexity index is 1650. The van der Waals surface area contributed by atoms with Crippen LogP contribution in [0.15, 0.2) is 103 Å². The lowest BCUT2D eigenvalue weighted by Crippen LogP contribution is -2.71. The Kier molecular flexibility index (Phi) is 20.6. The topological polar surface area (TPSA) is 58.6 Å². The number of quaternary nitrogens is 2. The van der Waals surface area contributed by atoms with E-state index in [1.165, 1.54) is 93.0 Å². The van der Waals surface area contributed by atoms with E-state index in [1.807, 2.05) is 0 Å². The number of aliphatic hydroxyl groups is 1. The molecule has 63 heavy (non-hydrogen) atoms. The van der Waals surface area contributed by atoms with Gasteiger partial charge in [0.25, 0.3) is 0 Å². The van der Waals surface area contributed by atoms with Gasteiger partial charge in [0.1, 0.15) is 41.7 Å². The van der Waals surface area contributed by atoms with Crippen molar-refractivity contribution in [1.82, 2.24) is 5.32 Å². The number of nitrogens with zero attached hydrogens (tertiary/aromatic N) is 2. The highest BCUT2D eigenvalue weighted by Gasteiger charge is 2.59. The number of carbonyl (C=O) groups is 1. The molecule has 1 saturated heterocycles. The van der Waals surface area contributed by atoms with E-state index in [2.05, 4.69) is 159 Å². The number of hydrogen-bond acceptors (Lipinski definition) is 4. The Labute approximate surface area is 386 Å². The quantitative estimate of drug-likeness (QED) is 0.0240. The minimum Gasteiger partial charge on any atom is -0.456 e. The van der Waals surface area contributed by atoms with E-state index in [4.69, 9.17) is 4.74 Å². The van der Waals surface area contributed by atoms with Gasteiger partial charge < -0.3 is 24.1 Å². The number of piperidine rings is 1. The zero-order valence-electron chi connectivity index (χ0n) is 41.6. The molecule has 1 heterocycles. The van der Waals surface area contributed by atoms with Gasteiger partial charge in [-0.05, 0) is 96.7 Å². The van der Waals surface area contributed by atoms with Crippen molar-refractivity contribution in [2.45, 2.75) is 155 Å². The summed E-state index contributed by atoms with van der Waals surface area (Å²) >= 11 is 0. The van der Waals surface area contributed by atoms with Crippen molar-refractivity contribution in [1.29, 1.82) is 0 Å². The molecule has 0 aromatic heterocycles. The van der Waals surface area contributed by atoms with Crippen LogP contribution in [0.3, 0.4) is 0 Å². The summed E-state index contributed by atoms with van der Waals surface area (Å²) in [7, 11) is 2.20. The second-order valence-corrected chi connectivity index (χ2v) is 25.2. The normalized spacial score (nSPS) is 16.7. The second kappa shape index (κ2) is 24.6. The van der Waals surface area contributed by atoms with Crippen LogP contribution in [-0.4, -0.2) is 103 Å². The average molecular weight is 885 g/mol. The number of hydrogen-bond donors (Lipinski definition) is 2. The Morgan fingerprint density at radius 2 is 1.11 bits per heavy atom. The van der Waals surface area contributed by atoms with E-state index in [9.17, 15) is 9.90 Å². The maximum absolute atomic E-state index is 12.7. The molecule has 1 aliphatic rings. The SMILES string of the molecule is C=C(C)C(=O)OCC[N+](C)(C)CC(CO)(C[N+](CCCCCCCC)(CCCCCCCC)C1CC(C)(C)NC(C)(C)C1)C[P+](c1ccccc1)(c1ccccc1)c1ccccc1. The molecule has 2 N–H and O–H groups in total. The Balaban J connectivity index is 2.01. The summed E-state index contributed by atoms with van der Waals surface area (Å²) in [6, 6.07) is 34.3. The van der Waals surface area contributed by atoms with Crippen molar-refractivity contribution < 1.29 is 23.6 Å². The highest BCUT2D eigenvalue weighted by Crippen LogP contribution is 2.59. The third-order valence-corrected chi connectivity index (χ3v) is 18.7. The van der Waals surface area contributed by atoms with Gasteiger partial charge in [0, 0.05) is 29.5 Å². The van der Waals surface area contributed by atoms with Gasteiger partial charge in [0.05, 0.1) is 59.1 Å². The van der Waals surface area contributed by atoms with Crippen molar-refractivity contribution in [3.63, 3.8) is 0 Å². The van der Waals surface area contributed by atoms with Gasteiger partial charge in [-0.1, -0.05) is 126 Å². The van der Waals surface area contributed by atoms with Crippen LogP contribution in [0.1, 0.15) is 138 Å². The number of esters is 1. The van der Waals surface area contributed by atoms with Crippen LogP contribution in [0, 0.1) is 5.41 Å². The lowest BCUT2D eigenvalue weighted by molar-refractivity contribution is -0.966. The summed E-state index contributed by atoms with van der Waals surface area (Å²) in [5, 5.41) is 20.9. The molecule has 0 bridgehead atoms. The molecule has 1 fully saturated rings. The van der Waals surface area contributed by atoms with Crippen molar-refractivity contribution in [2.24, 2.45) is 5.41 Å². The smallest absolute Gasteiger partial charge is 0.333 e. The predicted molar refractivity (Wildman–Crippen MR) is 273 cm³/mol. The maximum Gasteiger partial charge on any atom is 0.333 e. The summed E-state index contributed by atoms with van der Waals surface area (Å²) in [6.45, 7) is 24.9. The molecule has 0 aliphatic carbocycles. The molecule has 0 radical (unpaired) electrons. The number of aliphatic hydroxyl groups excluding tert-OH is 1. The largest absolute Gasteiger partial charge is 0.456 e. The number of rotatable bonds is 29. The molecule has 7 heteroatoms. The first-order chi connectivity index (χ1) is 30.0. The van der Waals surface area contributed by atoms with Crippen LogP contribution >= 0.6 is 7.26 Å². The van der Waals surface area contributed by atoms with Gasteiger partial charge in [-0.3, -0.25) is 0 Å². The molecule has 1 atom stereocenters. The van der Waals surface area contributed by atoms with Crippen LogP contribution in [0.25, 0.3) is 0 Å². The average Bonchev–Trinajstić information content (AvgIpc) is 3.24. The first kappa shape index (κ1) is 52.8. The van der Waals surface area contributed by atoms with Gasteiger partial charge in [0.15, 0.2) is 0 Å². The van der Waals surface area contributed by atoms with Crippen LogP contribution in [-0.2, 0) is 9.53 Å². The van der Waals surface area contributed by atoms with Crippen LogP contribution in [0.4, 0.5) is 0 Å². The number of ether oxygens (including phenoxy) is 1. The van der Waals surface area contributed by atoms with E-state index in [-0.39, 0.29) is 23.7 Å². The standard InChI is InChI=1S/C56H91N3O3P/c1-11-13-15-17-19-30-38-59(39-31-20-18-16-14-12-2,49-42-54(5,6)57-55(7,8)43-49)45-56(46-60,44-58(9,10)40-41-62-53(61)48(3)4)47-63(50-32-24-21-25-33-50,51-34-26-22-27-35-51)52-36-28-23-29-37-52/h21-29,32-37,49,57,60H,3,11-20,30-31,38-47H2,1-2,4-10H3/q+3. The number of benzene rings is 3. The second-order valence-electron chi connectivity index (χ2n) is 21.7. The molecule has 3 aromatic rings. The van der Waals surface area contributed by atoms with E-state index in [0.29, 0.717) is 29.2 Å². The Morgan fingerprint density at radius 1 is 0.698 bits per heavy atom. The fourth-order valence-corrected chi connectivity index (χ4v) is 16.4. The predicted octanol–water partition coefficient (Wildman–Crippen LogP) is 11.0.